The van der Waals surface area contributed by atoms with E-state index in [9.17, 15) is 86.8 Å². The van der Waals surface area contributed by atoms with E-state index in [0.717, 1.165) is 6.42 Å². The van der Waals surface area contributed by atoms with Gasteiger partial charge in [0.25, 0.3) is 0 Å². The molecule has 0 unspecified atom stereocenters. The van der Waals surface area contributed by atoms with Gasteiger partial charge in [0.2, 0.25) is 0 Å². The third-order valence-electron chi connectivity index (χ3n) is 14.1. The average molecular weight is 1070 g/mol. The summed E-state index contributed by atoms with van der Waals surface area (Å²) >= 11 is 0. The molecule has 22 aliphatic rings. The quantitative estimate of drug-likeness (QED) is 0.0762. The van der Waals surface area contributed by atoms with Gasteiger partial charge in [-0.25, -0.2) is 0 Å². The van der Waals surface area contributed by atoms with Gasteiger partial charge in [-0.05, 0) is 19.4 Å². The zero-order valence-corrected chi connectivity index (χ0v) is 39.3. The molecule has 30 atom stereocenters. The molecular weight excluding hydrogens is 998 g/mol. The summed E-state index contributed by atoms with van der Waals surface area (Å²) in [4.78, 5) is 0. The average Bonchev–Trinajstić information content (AvgIpc) is 3.38. The highest BCUT2D eigenvalue weighted by atomic mass is 16.8. The number of ether oxygens (including phenoxy) is 13. The Labute approximate surface area is 416 Å². The second kappa shape index (κ2) is 26.6. The van der Waals surface area contributed by atoms with Gasteiger partial charge in [-0.15, -0.1) is 0 Å². The van der Waals surface area contributed by atoms with E-state index in [-0.39, 0.29) is 6.61 Å². The van der Waals surface area contributed by atoms with E-state index in [0.29, 0.717) is 25.8 Å². The molecule has 426 valence electrons. The summed E-state index contributed by atoms with van der Waals surface area (Å²) < 4.78 is 75.8. The van der Waals surface area contributed by atoms with Gasteiger partial charge in [-0.2, -0.15) is 0 Å². The number of hydrogen-bond acceptors (Lipinski definition) is 31. The van der Waals surface area contributed by atoms with Crippen LogP contribution in [0.4, 0.5) is 0 Å². The molecule has 22 aliphatic heterocycles. The van der Waals surface area contributed by atoms with E-state index in [2.05, 4.69) is 0 Å². The molecule has 12 bridgehead atoms. The lowest BCUT2D eigenvalue weighted by atomic mass is 9.94. The van der Waals surface area contributed by atoms with Crippen LogP contribution in [0.2, 0.25) is 0 Å². The van der Waals surface area contributed by atoms with Gasteiger partial charge < -0.3 is 154 Å². The number of aliphatic hydroxyl groups excluding tert-OH is 17. The van der Waals surface area contributed by atoms with E-state index in [1.165, 1.54) is 0 Å². The van der Waals surface area contributed by atoms with E-state index >= 15 is 0 Å². The smallest absolute Gasteiger partial charge is 0.187 e. The van der Waals surface area contributed by atoms with Crippen LogP contribution in [0.15, 0.2) is 0 Å². The third-order valence-corrected chi connectivity index (χ3v) is 14.1. The first kappa shape index (κ1) is 59.4. The van der Waals surface area contributed by atoms with Crippen LogP contribution in [0.25, 0.3) is 0 Å². The normalized spacial score (nSPS) is 51.2. The van der Waals surface area contributed by atoms with Crippen LogP contribution < -0.4 is 5.73 Å². The largest absolute Gasteiger partial charge is 0.394 e. The predicted octanol–water partition coefficient (Wildman–Crippen LogP) is -11.5. The minimum Gasteiger partial charge on any atom is -0.394 e. The summed E-state index contributed by atoms with van der Waals surface area (Å²) in [5.41, 5.74) is 5.62. The summed E-state index contributed by atoms with van der Waals surface area (Å²) in [6, 6.07) is 0. The van der Waals surface area contributed by atoms with Gasteiger partial charge in [0.15, 0.2) is 37.7 Å². The molecule has 0 aliphatic carbocycles. The van der Waals surface area contributed by atoms with Crippen LogP contribution in [0.3, 0.4) is 0 Å². The Bertz CT molecular complexity index is 1640. The van der Waals surface area contributed by atoms with E-state index in [1.807, 2.05) is 0 Å². The van der Waals surface area contributed by atoms with Crippen LogP contribution in [0, 0.1) is 0 Å². The van der Waals surface area contributed by atoms with Gasteiger partial charge in [0.05, 0.1) is 39.6 Å². The zero-order chi connectivity index (χ0) is 53.0. The summed E-state index contributed by atoms with van der Waals surface area (Å²) in [6.45, 7) is -5.45. The fourth-order valence-electron chi connectivity index (χ4n) is 9.92. The molecule has 0 aromatic carbocycles. The molecule has 73 heavy (non-hydrogen) atoms. The highest BCUT2D eigenvalue weighted by Crippen LogP contribution is 2.38. The molecule has 0 aromatic heterocycles. The van der Waals surface area contributed by atoms with Crippen molar-refractivity contribution in [2.24, 2.45) is 5.73 Å². The second-order valence-corrected chi connectivity index (χ2v) is 18.9. The Morgan fingerprint density at radius 2 is 0.507 bits per heavy atom. The molecule has 0 aromatic rings. The van der Waals surface area contributed by atoms with Crippen molar-refractivity contribution in [3.63, 3.8) is 0 Å². The Hall–Kier alpha value is -1.24. The number of nitrogens with two attached hydrogens (primary N) is 1. The van der Waals surface area contributed by atoms with E-state index in [4.69, 9.17) is 67.3 Å². The molecule has 22 saturated heterocycles. The van der Waals surface area contributed by atoms with Crippen molar-refractivity contribution in [2.75, 3.05) is 52.8 Å². The summed E-state index contributed by atoms with van der Waals surface area (Å²) in [5, 5.41) is 188. The Morgan fingerprint density at radius 3 is 0.767 bits per heavy atom. The van der Waals surface area contributed by atoms with Crippen molar-refractivity contribution in [3.8, 4) is 0 Å². The van der Waals surface area contributed by atoms with Crippen molar-refractivity contribution in [1.82, 2.24) is 0 Å². The first-order valence-electron chi connectivity index (χ1n) is 24.3. The maximum Gasteiger partial charge on any atom is 0.187 e. The number of aliphatic hydroxyl groups is 17. The van der Waals surface area contributed by atoms with Crippen molar-refractivity contribution in [2.45, 2.75) is 210 Å². The fourth-order valence-corrected chi connectivity index (χ4v) is 9.92. The van der Waals surface area contributed by atoms with Crippen LogP contribution in [-0.4, -0.2) is 324 Å². The molecule has 22 heterocycles. The molecule has 31 nitrogen and oxygen atoms in total. The minimum atomic E-state index is -2.15. The molecule has 22 rings (SSSR count). The summed E-state index contributed by atoms with van der Waals surface area (Å²) in [7, 11) is 0. The molecule has 0 spiro atoms. The molecule has 0 radical (unpaired) electrons. The van der Waals surface area contributed by atoms with Crippen LogP contribution >= 0.6 is 0 Å². The number of unbranched alkanes of at least 4 members (excludes halogenated alkanes) is 3. The van der Waals surface area contributed by atoms with Gasteiger partial charge in [-0.3, -0.25) is 0 Å². The molecule has 22 fully saturated rings. The van der Waals surface area contributed by atoms with Crippen LogP contribution in [-0.2, 0) is 61.6 Å². The lowest BCUT2D eigenvalue weighted by molar-refractivity contribution is -0.404. The van der Waals surface area contributed by atoms with Crippen molar-refractivity contribution in [1.29, 1.82) is 0 Å². The standard InChI is InChI=1S/C42H73NO30/c43-5-3-1-2-4-6-61-36-29(60)42-67-18(12-49)35(36)73-41-28(59)23(54)33(16(10-47)66-41)71-39-26(57)21(52)31(14(8-45)64-39)69-37-24(55)19(50)30(13(7-44)62-37)68-38-25(56)20(51)32(15(9-46)63-38)70-40-27(58)22(53)34(72-42)17(11-48)65-40/h13-42,44-60H,1-12,43H2/t13-,14-,15-,16-,17-,18-,19-,20-,21-,22-,23-,24-,25-,26-,27-,28-,29-,30-,31-,32-,33-,34-,35+,36-,37-,38-,39-,40-,41-,42-/m1/s1. The van der Waals surface area contributed by atoms with Gasteiger partial charge >= 0.3 is 0 Å². The van der Waals surface area contributed by atoms with Crippen molar-refractivity contribution < 1.29 is 148 Å². The molecule has 19 N–H and O–H groups in total. The molecule has 31 heteroatoms. The molecule has 0 amide bonds. The first-order chi connectivity index (χ1) is 35.0. The second-order valence-electron chi connectivity index (χ2n) is 18.9. The Kier molecular flexibility index (Phi) is 21.7. The maximum atomic E-state index is 11.9. The topological polar surface area (TPSA) is 490 Å². The molecule has 0 saturated carbocycles. The zero-order valence-electron chi connectivity index (χ0n) is 39.3. The monoisotopic (exact) mass is 1070 g/mol. The van der Waals surface area contributed by atoms with E-state index in [1.54, 1.807) is 0 Å². The SMILES string of the molecule is NCCCCCCO[C@@H]1[C@@H](O)[C@H]2O[C@H]3[C@H](O)[C@@H](O)[C@@H](O[C@H]4[C@H](O)[C@@H](O)[C@@H](O[C@H]5[C@H](O)[C@@H](O)[C@@H](O[C@H]6[C@H](O)[C@@H](O)[C@@H](O[C@H]7[C@H](O)[C@@H](O)[C@@H](O[C@H]1[C@@H](CO)O2)O[C@@H]7CO)O[C@@H]6CO)O[C@@H]5CO)O[C@@H]4CO)O[C@@H]3CO. The molecular formula is C42H73NO30. The predicted molar refractivity (Wildman–Crippen MR) is 227 cm³/mol. The Balaban J connectivity index is 1.21. The third kappa shape index (κ3) is 12.6. The van der Waals surface area contributed by atoms with Crippen molar-refractivity contribution >= 4 is 0 Å². The van der Waals surface area contributed by atoms with Crippen LogP contribution in [0.1, 0.15) is 25.7 Å². The summed E-state index contributed by atoms with van der Waals surface area (Å²) in [5.74, 6) is 0. The van der Waals surface area contributed by atoms with Crippen LogP contribution in [0.5, 0.6) is 0 Å². The number of hydrogen-bond donors (Lipinski definition) is 18. The van der Waals surface area contributed by atoms with Gasteiger partial charge in [0.1, 0.15) is 146 Å². The Morgan fingerprint density at radius 1 is 0.274 bits per heavy atom. The van der Waals surface area contributed by atoms with Gasteiger partial charge in [0, 0.05) is 6.61 Å². The maximum absolute atomic E-state index is 11.9. The lowest BCUT2D eigenvalue weighted by Crippen LogP contribution is -2.69. The van der Waals surface area contributed by atoms with Gasteiger partial charge in [-0.1, -0.05) is 12.8 Å². The lowest BCUT2D eigenvalue weighted by Gasteiger charge is -2.51. The number of rotatable bonds is 13. The summed E-state index contributed by atoms with van der Waals surface area (Å²) in [6.07, 6.45) is -54.4. The highest BCUT2D eigenvalue weighted by Gasteiger charge is 2.59. The van der Waals surface area contributed by atoms with E-state index < -0.39 is 224 Å². The fraction of sp³-hybridized carbons (Fsp3) is 1.00. The van der Waals surface area contributed by atoms with Crippen molar-refractivity contribution in [3.05, 3.63) is 0 Å². The first-order valence-corrected chi connectivity index (χ1v) is 24.3. The minimum absolute atomic E-state index is 0.0571. The highest BCUT2D eigenvalue weighted by molar-refractivity contribution is 5.01.